The van der Waals surface area contributed by atoms with E-state index in [1.807, 2.05) is 16.7 Å². The Labute approximate surface area is 212 Å². The third-order valence-electron chi connectivity index (χ3n) is 6.32. The van der Waals surface area contributed by atoms with Crippen LogP contribution >= 0.6 is 11.3 Å². The summed E-state index contributed by atoms with van der Waals surface area (Å²) in [6, 6.07) is 5.21. The van der Waals surface area contributed by atoms with E-state index in [1.165, 1.54) is 23.6 Å². The van der Waals surface area contributed by atoms with E-state index in [-0.39, 0.29) is 22.9 Å². The summed E-state index contributed by atoms with van der Waals surface area (Å²) < 4.78 is 12.6. The van der Waals surface area contributed by atoms with Gasteiger partial charge in [0.25, 0.3) is 5.91 Å². The smallest absolute Gasteiger partial charge is 0.341 e. The van der Waals surface area contributed by atoms with Crippen molar-refractivity contribution in [3.8, 4) is 27.4 Å². The number of amides is 1. The zero-order valence-corrected chi connectivity index (χ0v) is 21.7. The number of thiazole rings is 1. The molecule has 1 amide bonds. The van der Waals surface area contributed by atoms with Crippen molar-refractivity contribution in [1.82, 2.24) is 14.9 Å². The number of ether oxygens (including phenoxy) is 2. The second-order valence-electron chi connectivity index (χ2n) is 9.72. The van der Waals surface area contributed by atoms with Gasteiger partial charge in [0, 0.05) is 49.3 Å². The summed E-state index contributed by atoms with van der Waals surface area (Å²) >= 11 is 1.27. The number of fused-ring (bicyclic) bond motifs is 3. The van der Waals surface area contributed by atoms with Gasteiger partial charge in [0.2, 0.25) is 0 Å². The Hall–Kier alpha value is -3.50. The van der Waals surface area contributed by atoms with Gasteiger partial charge in [-0.05, 0) is 29.5 Å². The molecule has 1 atom stereocenters. The number of pyridine rings is 1. The van der Waals surface area contributed by atoms with Crippen LogP contribution in [0, 0.1) is 5.41 Å². The van der Waals surface area contributed by atoms with Crippen molar-refractivity contribution in [3.63, 3.8) is 0 Å². The number of carbonyl (C=O) groups is 2. The van der Waals surface area contributed by atoms with Crippen molar-refractivity contribution in [1.29, 1.82) is 0 Å². The highest BCUT2D eigenvalue weighted by Crippen LogP contribution is 2.46. The maximum absolute atomic E-state index is 12.6. The molecule has 1 aliphatic heterocycles. The molecule has 1 unspecified atom stereocenters. The Morgan fingerprint density at radius 1 is 1.22 bits per heavy atom. The van der Waals surface area contributed by atoms with E-state index in [0.29, 0.717) is 36.0 Å². The van der Waals surface area contributed by atoms with Gasteiger partial charge in [-0.3, -0.25) is 9.59 Å². The zero-order chi connectivity index (χ0) is 26.2. The number of benzene rings is 1. The number of carboxylic acid groups (broad SMARTS) is 1. The van der Waals surface area contributed by atoms with Crippen LogP contribution in [-0.4, -0.2) is 53.9 Å². The number of aromatic carboxylic acids is 1. The molecule has 2 N–H and O–H groups in total. The normalized spacial score (nSPS) is 14.6. The van der Waals surface area contributed by atoms with Crippen molar-refractivity contribution in [2.75, 3.05) is 27.4 Å². The zero-order valence-electron chi connectivity index (χ0n) is 20.9. The molecule has 0 saturated carbocycles. The first-order chi connectivity index (χ1) is 17.0. The number of carboxylic acids is 1. The van der Waals surface area contributed by atoms with Crippen molar-refractivity contribution in [2.45, 2.75) is 33.2 Å². The van der Waals surface area contributed by atoms with Crippen molar-refractivity contribution in [3.05, 3.63) is 57.0 Å². The Morgan fingerprint density at radius 2 is 1.97 bits per heavy atom. The summed E-state index contributed by atoms with van der Waals surface area (Å²) in [6.45, 7) is 7.08. The summed E-state index contributed by atoms with van der Waals surface area (Å²) in [5, 5.41) is 12.6. The Bertz CT molecular complexity index is 1390. The van der Waals surface area contributed by atoms with E-state index in [1.54, 1.807) is 20.4 Å². The lowest BCUT2D eigenvalue weighted by Gasteiger charge is -2.39. The molecule has 1 aromatic carbocycles. The van der Waals surface area contributed by atoms with Crippen LogP contribution in [0.1, 0.15) is 52.5 Å². The first kappa shape index (κ1) is 25.6. The Kier molecular flexibility index (Phi) is 7.01. The van der Waals surface area contributed by atoms with Crippen LogP contribution in [-0.2, 0) is 11.2 Å². The molecule has 0 aliphatic carbocycles. The van der Waals surface area contributed by atoms with Gasteiger partial charge in [-0.2, -0.15) is 0 Å². The molecule has 3 aromatic rings. The van der Waals surface area contributed by atoms with Crippen LogP contribution in [0.5, 0.6) is 5.75 Å². The van der Waals surface area contributed by atoms with E-state index in [0.717, 1.165) is 21.6 Å². The molecular formula is C26H29N3O6S. The fraction of sp³-hybridized carbons (Fsp3) is 0.385. The van der Waals surface area contributed by atoms with E-state index in [2.05, 4.69) is 31.1 Å². The lowest BCUT2D eigenvalue weighted by molar-refractivity contribution is 0.0693. The number of hydrogen-bond donors (Lipinski definition) is 2. The van der Waals surface area contributed by atoms with Crippen LogP contribution in [0.3, 0.4) is 0 Å². The van der Waals surface area contributed by atoms with Crippen molar-refractivity contribution < 1.29 is 24.2 Å². The summed E-state index contributed by atoms with van der Waals surface area (Å²) in [4.78, 5) is 41.8. The summed E-state index contributed by atoms with van der Waals surface area (Å²) in [6.07, 6.45) is 3.74. The van der Waals surface area contributed by atoms with Gasteiger partial charge >= 0.3 is 5.97 Å². The number of aromatic nitrogens is 2. The molecule has 10 heteroatoms. The molecule has 2 aromatic heterocycles. The second kappa shape index (κ2) is 9.87. The average molecular weight is 512 g/mol. The Morgan fingerprint density at radius 3 is 2.61 bits per heavy atom. The summed E-state index contributed by atoms with van der Waals surface area (Å²) in [7, 11) is 3.13. The van der Waals surface area contributed by atoms with Gasteiger partial charge in [0.05, 0.1) is 24.3 Å². The van der Waals surface area contributed by atoms with E-state index >= 15 is 0 Å². The molecule has 36 heavy (non-hydrogen) atoms. The SMILES string of the molecule is COCCNC(=O)c1ncc(-c2cc3c(cc2OC)-c2cc(=O)c(C(=O)O)cn2C(C(C)(C)C)C3)s1. The highest BCUT2D eigenvalue weighted by atomic mass is 32.1. The van der Waals surface area contributed by atoms with E-state index in [4.69, 9.17) is 9.47 Å². The van der Waals surface area contributed by atoms with Crippen molar-refractivity contribution >= 4 is 23.2 Å². The number of hydrogen-bond acceptors (Lipinski definition) is 7. The number of carbonyl (C=O) groups excluding carboxylic acids is 1. The minimum atomic E-state index is -1.24. The molecular weight excluding hydrogens is 482 g/mol. The molecule has 190 valence electrons. The molecule has 9 nitrogen and oxygen atoms in total. The molecule has 3 heterocycles. The van der Waals surface area contributed by atoms with Gasteiger partial charge in [-0.15, -0.1) is 11.3 Å². The first-order valence-corrected chi connectivity index (χ1v) is 12.3. The molecule has 0 bridgehead atoms. The minimum absolute atomic E-state index is 0.0801. The van der Waals surface area contributed by atoms with Crippen molar-refractivity contribution in [2.24, 2.45) is 5.41 Å². The predicted molar refractivity (Wildman–Crippen MR) is 137 cm³/mol. The van der Waals surface area contributed by atoms with Gasteiger partial charge in [-0.25, -0.2) is 9.78 Å². The fourth-order valence-corrected chi connectivity index (χ4v) is 5.31. The quantitative estimate of drug-likeness (QED) is 0.462. The second-order valence-corrected chi connectivity index (χ2v) is 10.8. The number of nitrogens with one attached hydrogen (secondary N) is 1. The Balaban J connectivity index is 1.82. The van der Waals surface area contributed by atoms with Gasteiger partial charge in [-0.1, -0.05) is 20.8 Å². The lowest BCUT2D eigenvalue weighted by atomic mass is 9.78. The van der Waals surface area contributed by atoms with E-state index < -0.39 is 11.4 Å². The standard InChI is InChI=1S/C26H29N3O6S/c1-26(2,3)22-9-14-8-16(21-12-28-24(36-21)23(31)27-6-7-34-4)20(35-5)10-15(14)18-11-19(30)17(25(32)33)13-29(18)22/h8,10-13,22H,6-7,9H2,1-5H3,(H,27,31)(H,32,33). The maximum Gasteiger partial charge on any atom is 0.341 e. The first-order valence-electron chi connectivity index (χ1n) is 11.5. The molecule has 0 saturated heterocycles. The van der Waals surface area contributed by atoms with Crippen LogP contribution in [0.15, 0.2) is 35.4 Å². The number of rotatable bonds is 7. The predicted octanol–water partition coefficient (Wildman–Crippen LogP) is 3.87. The van der Waals surface area contributed by atoms with Gasteiger partial charge in [0.15, 0.2) is 10.4 Å². The van der Waals surface area contributed by atoms with Crippen LogP contribution in [0.25, 0.3) is 21.7 Å². The molecule has 0 spiro atoms. The monoisotopic (exact) mass is 511 g/mol. The molecule has 0 radical (unpaired) electrons. The molecule has 4 rings (SSSR count). The maximum atomic E-state index is 12.6. The lowest BCUT2D eigenvalue weighted by Crippen LogP contribution is -2.32. The van der Waals surface area contributed by atoms with Gasteiger partial charge < -0.3 is 24.5 Å². The van der Waals surface area contributed by atoms with E-state index in [9.17, 15) is 19.5 Å². The van der Waals surface area contributed by atoms with Crippen LogP contribution < -0.4 is 15.5 Å². The van der Waals surface area contributed by atoms with Crippen LogP contribution in [0.2, 0.25) is 0 Å². The van der Waals surface area contributed by atoms with Gasteiger partial charge in [0.1, 0.15) is 11.3 Å². The minimum Gasteiger partial charge on any atom is -0.496 e. The largest absolute Gasteiger partial charge is 0.496 e. The highest BCUT2D eigenvalue weighted by molar-refractivity contribution is 7.17. The topological polar surface area (TPSA) is 120 Å². The highest BCUT2D eigenvalue weighted by Gasteiger charge is 2.34. The average Bonchev–Trinajstić information content (AvgIpc) is 3.32. The molecule has 0 fully saturated rings. The van der Waals surface area contributed by atoms with Crippen LogP contribution in [0.4, 0.5) is 0 Å². The fourth-order valence-electron chi connectivity index (χ4n) is 4.45. The molecule has 1 aliphatic rings. The third-order valence-corrected chi connectivity index (χ3v) is 7.35. The third kappa shape index (κ3) is 4.78. The summed E-state index contributed by atoms with van der Waals surface area (Å²) in [5.74, 6) is -0.941. The summed E-state index contributed by atoms with van der Waals surface area (Å²) in [5.41, 5.74) is 2.27. The number of nitrogens with zero attached hydrogens (tertiary/aromatic N) is 2. The number of methoxy groups -OCH3 is 2.